The van der Waals surface area contributed by atoms with Gasteiger partial charge in [-0.25, -0.2) is 9.59 Å². The molecule has 19 heteroatoms. The Kier molecular flexibility index (Phi) is 17.2. The van der Waals surface area contributed by atoms with E-state index in [2.05, 4.69) is 13.2 Å². The maximum Gasteiger partial charge on any atom is 0.332 e. The standard InChI is InChI=1S/C54H60N2O15S2/c1-3-42(57)66-29-64-35-20-24-37(25-21-35)68-50(60)31-12-16-33(17-13-31)52(62)70-45-39-9-5-6-10-40(39)46(48-47(45)72-54(73-48)44-49(59)56-28-8-7-11-41(56)55-44)71-53(63)34-18-14-32(15-19-34)51(61)69-38-26-22-36(23-27-38)65-30-67-43(58)4-2/h3-11,28,31-38,44,54H,1-2,12-27,29-30H2. The van der Waals surface area contributed by atoms with Crippen LogP contribution in [0.4, 0.5) is 0 Å². The summed E-state index contributed by atoms with van der Waals surface area (Å²) in [4.78, 5) is 99.0. The minimum atomic E-state index is -0.778. The van der Waals surface area contributed by atoms with Crippen LogP contribution in [0.2, 0.25) is 0 Å². The average Bonchev–Trinajstić information content (AvgIpc) is 4.01. The number of fused-ring (bicyclic) bond motifs is 3. The molecule has 4 saturated carbocycles. The lowest BCUT2D eigenvalue weighted by Gasteiger charge is -2.31. The van der Waals surface area contributed by atoms with Crippen molar-refractivity contribution in [2.75, 3.05) is 13.6 Å². The van der Waals surface area contributed by atoms with Gasteiger partial charge in [0.05, 0.1) is 50.3 Å². The Balaban J connectivity index is 0.832. The van der Waals surface area contributed by atoms with Crippen LogP contribution in [0.1, 0.15) is 103 Å². The molecule has 1 amide bonds. The molecule has 17 nitrogen and oxygen atoms in total. The number of aliphatic imine (C=N–C) groups is 1. The van der Waals surface area contributed by atoms with Crippen molar-refractivity contribution in [2.24, 2.45) is 28.7 Å². The van der Waals surface area contributed by atoms with Gasteiger partial charge in [0.15, 0.2) is 31.1 Å². The minimum Gasteiger partial charge on any atom is -0.462 e. The summed E-state index contributed by atoms with van der Waals surface area (Å²) >= 11 is 2.72. The van der Waals surface area contributed by atoms with E-state index in [0.29, 0.717) is 141 Å². The molecule has 0 bridgehead atoms. The van der Waals surface area contributed by atoms with Crippen LogP contribution < -0.4 is 9.47 Å². The number of rotatable bonds is 17. The third-order valence-electron chi connectivity index (χ3n) is 14.7. The van der Waals surface area contributed by atoms with Crippen LogP contribution in [0.25, 0.3) is 10.8 Å². The molecule has 0 saturated heterocycles. The van der Waals surface area contributed by atoms with Crippen LogP contribution in [0.15, 0.2) is 88.8 Å². The van der Waals surface area contributed by atoms with E-state index in [0.717, 1.165) is 12.2 Å². The molecule has 2 aromatic rings. The van der Waals surface area contributed by atoms with Crippen molar-refractivity contribution in [3.05, 3.63) is 74.0 Å². The van der Waals surface area contributed by atoms with Crippen LogP contribution in [0.5, 0.6) is 11.5 Å². The first kappa shape index (κ1) is 52.1. The van der Waals surface area contributed by atoms with Gasteiger partial charge in [-0.3, -0.25) is 33.9 Å². The second kappa shape index (κ2) is 24.1. The normalized spacial score (nSPS) is 28.5. The molecule has 0 N–H and O–H groups in total. The molecule has 0 spiro atoms. The fourth-order valence-electron chi connectivity index (χ4n) is 10.5. The van der Waals surface area contributed by atoms with Crippen LogP contribution in [-0.2, 0) is 62.0 Å². The molecule has 3 aliphatic heterocycles. The smallest absolute Gasteiger partial charge is 0.332 e. The van der Waals surface area contributed by atoms with Gasteiger partial charge < -0.3 is 37.9 Å². The third-order valence-corrected chi connectivity index (χ3v) is 17.6. The molecule has 4 fully saturated rings. The van der Waals surface area contributed by atoms with Crippen molar-refractivity contribution in [2.45, 2.75) is 148 Å². The molecular weight excluding hydrogens is 981 g/mol. The number of hydrogen-bond acceptors (Lipinski definition) is 18. The van der Waals surface area contributed by atoms with Gasteiger partial charge >= 0.3 is 35.8 Å². The Morgan fingerprint density at radius 1 is 0.575 bits per heavy atom. The molecule has 9 rings (SSSR count). The summed E-state index contributed by atoms with van der Waals surface area (Å²) in [6, 6.07) is 6.52. The highest BCUT2D eigenvalue weighted by Gasteiger charge is 2.46. The number of nitrogens with zero attached hydrogens (tertiary/aromatic N) is 2. The molecule has 4 aliphatic carbocycles. The van der Waals surface area contributed by atoms with Crippen molar-refractivity contribution in [1.82, 2.24) is 4.90 Å². The Morgan fingerprint density at radius 3 is 1.40 bits per heavy atom. The zero-order chi connectivity index (χ0) is 51.0. The van der Waals surface area contributed by atoms with Gasteiger partial charge in [-0.15, -0.1) is 23.5 Å². The molecule has 7 aliphatic rings. The van der Waals surface area contributed by atoms with Crippen molar-refractivity contribution in [3.8, 4) is 11.5 Å². The molecule has 73 heavy (non-hydrogen) atoms. The van der Waals surface area contributed by atoms with Gasteiger partial charge in [0.25, 0.3) is 5.91 Å². The fraction of sp³-hybridized carbons (Fsp3) is 0.519. The fourth-order valence-corrected chi connectivity index (χ4v) is 13.6. The number of hydrogen-bond donors (Lipinski definition) is 0. The summed E-state index contributed by atoms with van der Waals surface area (Å²) in [5, 5.41) is 1.13. The van der Waals surface area contributed by atoms with Gasteiger partial charge in [0.1, 0.15) is 18.0 Å². The molecule has 0 aromatic heterocycles. The van der Waals surface area contributed by atoms with Crippen molar-refractivity contribution >= 4 is 81.9 Å². The molecule has 3 heterocycles. The second-order valence-corrected chi connectivity index (χ2v) is 21.9. The molecule has 388 valence electrons. The minimum absolute atomic E-state index is 0.0928. The lowest BCUT2D eigenvalue weighted by molar-refractivity contribution is -0.165. The molecule has 2 aromatic carbocycles. The zero-order valence-corrected chi connectivity index (χ0v) is 42.2. The SMILES string of the molecule is C=CC(=O)OCOC1CCC(OC(=O)C2CCC(C(=O)Oc3c4c(c(OC(=O)C5CCC(C(=O)OC6CCC(OCOC(=O)C=C)CC6)CC5)c5ccccc35)SC(C3N=C5C=CC=CN5C3=O)S4)CC2)CC1. The highest BCUT2D eigenvalue weighted by Crippen LogP contribution is 2.61. The topological polar surface area (TPSA) is 209 Å². The number of amides is 1. The highest BCUT2D eigenvalue weighted by atomic mass is 32.2. The van der Waals surface area contributed by atoms with E-state index in [-0.39, 0.29) is 67.7 Å². The number of amidine groups is 1. The predicted octanol–water partition coefficient (Wildman–Crippen LogP) is 8.60. The monoisotopic (exact) mass is 1040 g/mol. The predicted molar refractivity (Wildman–Crippen MR) is 267 cm³/mol. The van der Waals surface area contributed by atoms with E-state index in [4.69, 9.17) is 42.9 Å². The van der Waals surface area contributed by atoms with Crippen molar-refractivity contribution < 1.29 is 71.5 Å². The Hall–Kier alpha value is -5.76. The first-order valence-electron chi connectivity index (χ1n) is 25.3. The van der Waals surface area contributed by atoms with Crippen LogP contribution in [-0.4, -0.2) is 101 Å². The molecular formula is C54H60N2O15S2. The average molecular weight is 1040 g/mol. The highest BCUT2D eigenvalue weighted by molar-refractivity contribution is 8.19. The van der Waals surface area contributed by atoms with E-state index < -0.39 is 46.3 Å². The van der Waals surface area contributed by atoms with Crippen molar-refractivity contribution in [3.63, 3.8) is 0 Å². The number of carbonyl (C=O) groups is 7. The van der Waals surface area contributed by atoms with Crippen LogP contribution in [0.3, 0.4) is 0 Å². The third kappa shape index (κ3) is 12.4. The van der Waals surface area contributed by atoms with Gasteiger partial charge in [0, 0.05) is 29.1 Å². The van der Waals surface area contributed by atoms with Gasteiger partial charge in [-0.1, -0.05) is 43.5 Å². The van der Waals surface area contributed by atoms with Crippen molar-refractivity contribution in [1.29, 1.82) is 0 Å². The number of ether oxygens (including phenoxy) is 8. The summed E-state index contributed by atoms with van der Waals surface area (Å²) in [6.45, 7) is 6.45. The zero-order valence-electron chi connectivity index (χ0n) is 40.5. The Bertz CT molecular complexity index is 2420. The molecule has 1 atom stereocenters. The number of carbonyl (C=O) groups excluding carboxylic acids is 7. The molecule has 0 radical (unpaired) electrons. The maximum atomic E-state index is 14.2. The largest absolute Gasteiger partial charge is 0.462 e. The first-order chi connectivity index (χ1) is 35.5. The Labute approximate surface area is 431 Å². The number of esters is 6. The summed E-state index contributed by atoms with van der Waals surface area (Å²) in [7, 11) is 0. The summed E-state index contributed by atoms with van der Waals surface area (Å²) in [6.07, 6.45) is 17.4. The molecule has 1 unspecified atom stereocenters. The lowest BCUT2D eigenvalue weighted by Crippen LogP contribution is -2.34. The lowest BCUT2D eigenvalue weighted by atomic mass is 9.82. The quantitative estimate of drug-likeness (QED) is 0.0477. The first-order valence-corrected chi connectivity index (χ1v) is 27.1. The van der Waals surface area contributed by atoms with Gasteiger partial charge in [0.2, 0.25) is 0 Å². The van der Waals surface area contributed by atoms with E-state index in [1.54, 1.807) is 18.4 Å². The second-order valence-electron chi connectivity index (χ2n) is 19.3. The Morgan fingerprint density at radius 2 is 0.986 bits per heavy atom. The van der Waals surface area contributed by atoms with E-state index >= 15 is 0 Å². The number of thioether (sulfide) groups is 2. The summed E-state index contributed by atoms with van der Waals surface area (Å²) in [5.74, 6) is -3.17. The van der Waals surface area contributed by atoms with Gasteiger partial charge in [-0.05, 0) is 115 Å². The van der Waals surface area contributed by atoms with E-state index in [1.807, 2.05) is 30.3 Å². The summed E-state index contributed by atoms with van der Waals surface area (Å²) < 4.78 is 45.3. The number of allylic oxidation sites excluding steroid dienone is 2. The van der Waals surface area contributed by atoms with Gasteiger partial charge in [-0.2, -0.15) is 0 Å². The van der Waals surface area contributed by atoms with Crippen LogP contribution in [0, 0.1) is 23.7 Å². The van der Waals surface area contributed by atoms with Crippen LogP contribution >= 0.6 is 23.5 Å². The van der Waals surface area contributed by atoms with E-state index in [9.17, 15) is 33.6 Å². The maximum absolute atomic E-state index is 14.2. The van der Waals surface area contributed by atoms with E-state index in [1.165, 1.54) is 28.4 Å². The number of benzene rings is 2. The summed E-state index contributed by atoms with van der Waals surface area (Å²) in [5.41, 5.74) is 0.